The second-order valence-electron chi connectivity index (χ2n) is 5.14. The van der Waals surface area contributed by atoms with Crippen molar-refractivity contribution in [1.29, 1.82) is 0 Å². The third-order valence-corrected chi connectivity index (χ3v) is 4.90. The summed E-state index contributed by atoms with van der Waals surface area (Å²) in [4.78, 5) is 46.6. The monoisotopic (exact) mass is 328 g/mol. The molecule has 0 aromatic carbocycles. The van der Waals surface area contributed by atoms with E-state index in [0.29, 0.717) is 11.3 Å². The zero-order valence-corrected chi connectivity index (χ0v) is 12.7. The number of carbonyl (C=O) groups excluding carboxylic acids is 2. The third-order valence-electron chi connectivity index (χ3n) is 3.47. The molecule has 2 aliphatic rings. The van der Waals surface area contributed by atoms with Gasteiger partial charge in [-0.3, -0.25) is 19.3 Å². The summed E-state index contributed by atoms with van der Waals surface area (Å²) >= 11 is 1.40. The van der Waals surface area contributed by atoms with Crippen molar-refractivity contribution >= 4 is 35.5 Å². The molecular formula is C13H16N2O6S. The van der Waals surface area contributed by atoms with Crippen LogP contribution in [0.25, 0.3) is 0 Å². The van der Waals surface area contributed by atoms with E-state index in [1.54, 1.807) is 6.92 Å². The number of nitrogens with one attached hydrogen (secondary N) is 1. The van der Waals surface area contributed by atoms with Crippen LogP contribution in [0.1, 0.15) is 26.2 Å². The first-order valence-electron chi connectivity index (χ1n) is 6.71. The van der Waals surface area contributed by atoms with Gasteiger partial charge in [0.05, 0.1) is 0 Å². The van der Waals surface area contributed by atoms with Gasteiger partial charge in [0.1, 0.15) is 17.1 Å². The van der Waals surface area contributed by atoms with Crippen LogP contribution in [0.4, 0.5) is 0 Å². The number of aliphatic carboxylic acids is 2. The summed E-state index contributed by atoms with van der Waals surface area (Å²) in [5.41, 5.74) is 0.610. The van der Waals surface area contributed by atoms with Crippen molar-refractivity contribution in [2.45, 2.75) is 37.6 Å². The van der Waals surface area contributed by atoms with E-state index in [1.807, 2.05) is 0 Å². The number of amides is 2. The molecule has 2 heterocycles. The van der Waals surface area contributed by atoms with Gasteiger partial charge < -0.3 is 15.5 Å². The van der Waals surface area contributed by atoms with Gasteiger partial charge in [-0.2, -0.15) is 0 Å². The van der Waals surface area contributed by atoms with Crippen molar-refractivity contribution < 1.29 is 29.4 Å². The van der Waals surface area contributed by atoms with Crippen molar-refractivity contribution in [2.75, 3.05) is 5.75 Å². The van der Waals surface area contributed by atoms with Gasteiger partial charge in [-0.05, 0) is 18.9 Å². The van der Waals surface area contributed by atoms with Crippen LogP contribution in [0.5, 0.6) is 0 Å². The number of carbonyl (C=O) groups is 4. The number of hydrogen-bond acceptors (Lipinski definition) is 5. The van der Waals surface area contributed by atoms with Crippen molar-refractivity contribution in [3.63, 3.8) is 0 Å². The molecule has 1 unspecified atom stereocenters. The van der Waals surface area contributed by atoms with Crippen LogP contribution in [-0.2, 0) is 19.2 Å². The molecule has 8 nitrogen and oxygen atoms in total. The van der Waals surface area contributed by atoms with Gasteiger partial charge in [0, 0.05) is 18.6 Å². The van der Waals surface area contributed by atoms with Gasteiger partial charge in [-0.1, -0.05) is 0 Å². The lowest BCUT2D eigenvalue weighted by molar-refractivity contribution is -0.150. The van der Waals surface area contributed by atoms with Gasteiger partial charge in [0.2, 0.25) is 5.91 Å². The summed E-state index contributed by atoms with van der Waals surface area (Å²) < 4.78 is 0. The minimum atomic E-state index is -1.15. The van der Waals surface area contributed by atoms with Crippen molar-refractivity contribution in [2.24, 2.45) is 0 Å². The Bertz CT molecular complexity index is 573. The fraction of sp³-hybridized carbons (Fsp3) is 0.538. The molecule has 0 spiro atoms. The van der Waals surface area contributed by atoms with Crippen LogP contribution in [-0.4, -0.2) is 56.0 Å². The van der Waals surface area contributed by atoms with E-state index in [-0.39, 0.29) is 25.0 Å². The lowest BCUT2D eigenvalue weighted by Gasteiger charge is -2.49. The molecule has 120 valence electrons. The molecule has 1 saturated heterocycles. The first kappa shape index (κ1) is 16.3. The number of hydrogen-bond donors (Lipinski definition) is 3. The van der Waals surface area contributed by atoms with E-state index in [0.717, 1.165) is 0 Å². The molecule has 2 aliphatic heterocycles. The number of fused-ring (bicyclic) bond motifs is 1. The fourth-order valence-corrected chi connectivity index (χ4v) is 3.71. The molecule has 2 atom stereocenters. The second kappa shape index (κ2) is 6.39. The molecule has 1 fully saturated rings. The smallest absolute Gasteiger partial charge is 0.352 e. The lowest BCUT2D eigenvalue weighted by atomic mass is 10.0. The van der Waals surface area contributed by atoms with Gasteiger partial charge in [-0.15, -0.1) is 11.8 Å². The number of carboxylic acids is 2. The Balaban J connectivity index is 1.94. The average molecular weight is 328 g/mol. The van der Waals surface area contributed by atoms with Crippen LogP contribution >= 0.6 is 11.8 Å². The molecule has 0 radical (unpaired) electrons. The molecule has 22 heavy (non-hydrogen) atoms. The van der Waals surface area contributed by atoms with E-state index in [4.69, 9.17) is 5.11 Å². The Morgan fingerprint density at radius 3 is 2.59 bits per heavy atom. The average Bonchev–Trinajstić information content (AvgIpc) is 2.43. The first-order chi connectivity index (χ1) is 10.3. The number of thioether (sulfide) groups is 1. The number of nitrogens with zero attached hydrogens (tertiary/aromatic N) is 1. The predicted molar refractivity (Wildman–Crippen MR) is 76.8 cm³/mol. The zero-order valence-electron chi connectivity index (χ0n) is 11.9. The largest absolute Gasteiger partial charge is 0.481 e. The van der Waals surface area contributed by atoms with E-state index in [2.05, 4.69) is 5.32 Å². The van der Waals surface area contributed by atoms with Crippen LogP contribution in [0.2, 0.25) is 0 Å². The highest BCUT2D eigenvalue weighted by Crippen LogP contribution is 2.40. The molecule has 9 heteroatoms. The predicted octanol–water partition coefficient (Wildman–Crippen LogP) is -0.000200. The van der Waals surface area contributed by atoms with Crippen LogP contribution in [0, 0.1) is 0 Å². The quantitative estimate of drug-likeness (QED) is 0.586. The van der Waals surface area contributed by atoms with E-state index < -0.39 is 35.2 Å². The van der Waals surface area contributed by atoms with Crippen LogP contribution in [0.3, 0.4) is 0 Å². The summed E-state index contributed by atoms with van der Waals surface area (Å²) in [5.74, 6) is -2.49. The number of β-lactam (4-membered cyclic amide) rings is 1. The standard InChI is InChI=1S/C13H16N2O6S/c1-6-5-22-12-9(11(19)15(12)10(6)13(20)21)14-7(16)3-2-4-8(17)18/h9,12H,2-5H2,1H3,(H,14,16)(H,17,18)(H,20,21)/t9?,12-/m0/s1. The van der Waals surface area contributed by atoms with Crippen LogP contribution in [0.15, 0.2) is 11.3 Å². The van der Waals surface area contributed by atoms with Crippen LogP contribution < -0.4 is 5.32 Å². The maximum Gasteiger partial charge on any atom is 0.352 e. The highest BCUT2D eigenvalue weighted by Gasteiger charge is 2.53. The van der Waals surface area contributed by atoms with Crippen molar-refractivity contribution in [1.82, 2.24) is 10.2 Å². The van der Waals surface area contributed by atoms with Gasteiger partial charge in [0.15, 0.2) is 0 Å². The topological polar surface area (TPSA) is 124 Å². The molecule has 0 aliphatic carbocycles. The van der Waals surface area contributed by atoms with Gasteiger partial charge in [-0.25, -0.2) is 4.79 Å². The maximum atomic E-state index is 12.1. The summed E-state index contributed by atoms with van der Waals surface area (Å²) in [6.45, 7) is 1.66. The summed E-state index contributed by atoms with van der Waals surface area (Å²) in [6, 6.07) is -0.746. The summed E-state index contributed by atoms with van der Waals surface area (Å²) in [5, 5.41) is 19.8. The molecule has 0 aromatic rings. The molecule has 2 amide bonds. The molecule has 2 rings (SSSR count). The van der Waals surface area contributed by atoms with Crippen molar-refractivity contribution in [3.8, 4) is 0 Å². The second-order valence-corrected chi connectivity index (χ2v) is 6.24. The highest BCUT2D eigenvalue weighted by molar-refractivity contribution is 8.00. The van der Waals surface area contributed by atoms with Gasteiger partial charge in [0.25, 0.3) is 5.91 Å². The molecule has 0 bridgehead atoms. The van der Waals surface area contributed by atoms with E-state index in [9.17, 15) is 24.3 Å². The Morgan fingerprint density at radius 1 is 1.32 bits per heavy atom. The first-order valence-corrected chi connectivity index (χ1v) is 7.76. The van der Waals surface area contributed by atoms with E-state index >= 15 is 0 Å². The Kier molecular flexibility index (Phi) is 4.74. The number of carboxylic acid groups (broad SMARTS) is 2. The highest BCUT2D eigenvalue weighted by atomic mass is 32.2. The molecule has 3 N–H and O–H groups in total. The fourth-order valence-electron chi connectivity index (χ4n) is 2.42. The lowest BCUT2D eigenvalue weighted by Crippen LogP contribution is -2.70. The minimum Gasteiger partial charge on any atom is -0.481 e. The Labute approximate surface area is 130 Å². The molecular weight excluding hydrogens is 312 g/mol. The van der Waals surface area contributed by atoms with E-state index in [1.165, 1.54) is 16.7 Å². The summed E-state index contributed by atoms with van der Waals surface area (Å²) in [6.07, 6.45) is 0.110. The Hall–Kier alpha value is -2.03. The third kappa shape index (κ3) is 3.08. The summed E-state index contributed by atoms with van der Waals surface area (Å²) in [7, 11) is 0. The molecule has 0 saturated carbocycles. The Morgan fingerprint density at radius 2 is 2.00 bits per heavy atom. The van der Waals surface area contributed by atoms with Crippen molar-refractivity contribution in [3.05, 3.63) is 11.3 Å². The SMILES string of the molecule is CC1=C(C(=O)O)N2C(=O)C(NC(=O)CCCC(=O)O)[C@@H]2SC1. The zero-order chi connectivity index (χ0) is 16.4. The normalized spacial score (nSPS) is 23.7. The number of rotatable bonds is 6. The minimum absolute atomic E-state index is 0.00914. The molecule has 0 aromatic heterocycles. The maximum absolute atomic E-state index is 12.1. The van der Waals surface area contributed by atoms with Gasteiger partial charge >= 0.3 is 11.9 Å².